The number of phenolic OH excluding ortho intramolecular Hbond substituents is 1. The van der Waals surface area contributed by atoms with Crippen LogP contribution >= 0.6 is 27.5 Å². The lowest BCUT2D eigenvalue weighted by molar-refractivity contribution is -0.140. The number of amides is 1. The molecule has 31 heavy (non-hydrogen) atoms. The van der Waals surface area contributed by atoms with Crippen LogP contribution in [-0.2, 0) is 9.59 Å². The molecule has 0 radical (unpaired) electrons. The van der Waals surface area contributed by atoms with Crippen molar-refractivity contribution in [3.63, 3.8) is 0 Å². The third-order valence-electron chi connectivity index (χ3n) is 5.49. The Morgan fingerprint density at radius 2 is 1.77 bits per heavy atom. The zero-order chi connectivity index (χ0) is 22.7. The molecule has 1 aliphatic heterocycles. The molecule has 2 N–H and O–H groups in total. The summed E-state index contributed by atoms with van der Waals surface area (Å²) in [5.74, 6) is -2.06. The molecule has 164 valence electrons. The molecule has 0 spiro atoms. The van der Waals surface area contributed by atoms with E-state index in [1.165, 1.54) is 17.0 Å². The Morgan fingerprint density at radius 1 is 1.13 bits per heavy atom. The summed E-state index contributed by atoms with van der Waals surface area (Å²) in [7, 11) is 0. The van der Waals surface area contributed by atoms with Crippen LogP contribution in [0.3, 0.4) is 0 Å². The van der Waals surface area contributed by atoms with Crippen LogP contribution < -0.4 is 0 Å². The van der Waals surface area contributed by atoms with Crippen molar-refractivity contribution >= 4 is 45.0 Å². The van der Waals surface area contributed by atoms with Crippen molar-refractivity contribution in [1.82, 2.24) is 9.80 Å². The van der Waals surface area contributed by atoms with Gasteiger partial charge in [-0.15, -0.1) is 0 Å². The lowest BCUT2D eigenvalue weighted by Crippen LogP contribution is -2.38. The van der Waals surface area contributed by atoms with Gasteiger partial charge in [0.2, 0.25) is 0 Å². The van der Waals surface area contributed by atoms with E-state index in [1.807, 2.05) is 13.8 Å². The van der Waals surface area contributed by atoms with Gasteiger partial charge in [-0.05, 0) is 49.0 Å². The first kappa shape index (κ1) is 23.3. The van der Waals surface area contributed by atoms with E-state index in [0.717, 1.165) is 13.1 Å². The minimum atomic E-state index is -0.786. The molecular formula is C23H24BrClN2O4. The molecule has 1 fully saturated rings. The molecule has 1 amide bonds. The molecule has 0 bridgehead atoms. The van der Waals surface area contributed by atoms with Gasteiger partial charge < -0.3 is 20.0 Å². The second-order valence-electron chi connectivity index (χ2n) is 7.23. The van der Waals surface area contributed by atoms with E-state index in [1.54, 1.807) is 30.3 Å². The first-order valence-electron chi connectivity index (χ1n) is 10.0. The zero-order valence-electron chi connectivity index (χ0n) is 17.3. The van der Waals surface area contributed by atoms with Crippen molar-refractivity contribution in [2.45, 2.75) is 19.9 Å². The van der Waals surface area contributed by atoms with Gasteiger partial charge in [0.15, 0.2) is 0 Å². The Bertz CT molecular complexity index is 1020. The van der Waals surface area contributed by atoms with Crippen LogP contribution in [0.5, 0.6) is 5.75 Å². The number of ketones is 1. The number of aromatic hydroxyl groups is 1. The van der Waals surface area contributed by atoms with E-state index in [0.29, 0.717) is 28.1 Å². The minimum Gasteiger partial charge on any atom is -0.507 e. The fraction of sp³-hybridized carbons (Fsp3) is 0.304. The number of phenols is 1. The van der Waals surface area contributed by atoms with Gasteiger partial charge in [-0.25, -0.2) is 0 Å². The van der Waals surface area contributed by atoms with Gasteiger partial charge in [0.05, 0.1) is 17.2 Å². The van der Waals surface area contributed by atoms with Crippen LogP contribution in [0, 0.1) is 0 Å². The van der Waals surface area contributed by atoms with Crippen molar-refractivity contribution in [3.05, 3.63) is 68.7 Å². The smallest absolute Gasteiger partial charge is 0.295 e. The largest absolute Gasteiger partial charge is 0.507 e. The van der Waals surface area contributed by atoms with Crippen molar-refractivity contribution in [1.29, 1.82) is 0 Å². The van der Waals surface area contributed by atoms with Crippen LogP contribution in [0.4, 0.5) is 0 Å². The van der Waals surface area contributed by atoms with Gasteiger partial charge in [-0.2, -0.15) is 0 Å². The maximum Gasteiger partial charge on any atom is 0.295 e. The van der Waals surface area contributed by atoms with Crippen LogP contribution in [0.15, 0.2) is 52.5 Å². The number of aliphatic hydroxyl groups excluding tert-OH is 1. The van der Waals surface area contributed by atoms with Crippen molar-refractivity contribution in [3.8, 4) is 5.75 Å². The molecule has 8 heteroatoms. The molecular weight excluding hydrogens is 484 g/mol. The van der Waals surface area contributed by atoms with Crippen molar-refractivity contribution in [2.75, 3.05) is 26.2 Å². The van der Waals surface area contributed by atoms with Crippen LogP contribution in [0.1, 0.15) is 31.0 Å². The number of nitrogens with zero attached hydrogens (tertiary/aromatic N) is 2. The summed E-state index contributed by atoms with van der Waals surface area (Å²) in [5, 5.41) is 21.8. The fourth-order valence-electron chi connectivity index (χ4n) is 3.73. The molecule has 1 heterocycles. The van der Waals surface area contributed by atoms with Gasteiger partial charge in [-0.1, -0.05) is 53.5 Å². The Balaban J connectivity index is 2.13. The standard InChI is InChI=1S/C23H24BrClN2O4/c1-3-26(4-2)11-12-27-20(14-5-8-16(25)9-6-14)19(22(30)23(27)31)21(29)17-13-15(24)7-10-18(17)28/h5-10,13,20,28-29H,3-4,11-12H2,1-2H3/b21-19+. The highest BCUT2D eigenvalue weighted by Gasteiger charge is 2.46. The van der Waals surface area contributed by atoms with E-state index in [4.69, 9.17) is 11.6 Å². The number of carbonyl (C=O) groups excluding carboxylic acids is 2. The Morgan fingerprint density at radius 3 is 2.39 bits per heavy atom. The summed E-state index contributed by atoms with van der Waals surface area (Å²) >= 11 is 9.34. The molecule has 1 atom stereocenters. The number of rotatable bonds is 7. The predicted molar refractivity (Wildman–Crippen MR) is 124 cm³/mol. The van der Waals surface area contributed by atoms with Crippen LogP contribution in [0.25, 0.3) is 5.76 Å². The first-order chi connectivity index (χ1) is 14.8. The zero-order valence-corrected chi connectivity index (χ0v) is 19.7. The third-order valence-corrected chi connectivity index (χ3v) is 6.24. The number of benzene rings is 2. The van der Waals surface area contributed by atoms with E-state index < -0.39 is 23.5 Å². The molecule has 1 aliphatic rings. The lowest BCUT2D eigenvalue weighted by atomic mass is 9.95. The molecule has 1 saturated heterocycles. The summed E-state index contributed by atoms with van der Waals surface area (Å²) in [6, 6.07) is 10.6. The Hall–Kier alpha value is -2.35. The average molecular weight is 508 g/mol. The highest BCUT2D eigenvalue weighted by atomic mass is 79.9. The number of Topliss-reactive ketones (excluding diaryl/α,β-unsaturated/α-hetero) is 1. The predicted octanol–water partition coefficient (Wildman–Crippen LogP) is 4.57. The Kier molecular flexibility index (Phi) is 7.41. The number of hydrogen-bond donors (Lipinski definition) is 2. The van der Waals surface area contributed by atoms with Gasteiger partial charge in [0.1, 0.15) is 11.5 Å². The number of likely N-dealkylation sites (tertiary alicyclic amines) is 1. The number of carbonyl (C=O) groups is 2. The highest BCUT2D eigenvalue weighted by Crippen LogP contribution is 2.41. The average Bonchev–Trinajstić information content (AvgIpc) is 3.01. The third kappa shape index (κ3) is 4.79. The summed E-state index contributed by atoms with van der Waals surface area (Å²) in [5.41, 5.74) is 0.675. The topological polar surface area (TPSA) is 81.1 Å². The molecule has 0 saturated carbocycles. The summed E-state index contributed by atoms with van der Waals surface area (Å²) in [6.07, 6.45) is 0. The van der Waals surface area contributed by atoms with E-state index >= 15 is 0 Å². The number of hydrogen-bond acceptors (Lipinski definition) is 5. The quantitative estimate of drug-likeness (QED) is 0.326. The second kappa shape index (κ2) is 9.85. The van der Waals surface area contributed by atoms with Gasteiger partial charge >= 0.3 is 0 Å². The normalized spacial score (nSPS) is 18.2. The molecule has 2 aromatic rings. The van der Waals surface area contributed by atoms with Gasteiger partial charge in [0.25, 0.3) is 11.7 Å². The van der Waals surface area contributed by atoms with E-state index in [2.05, 4.69) is 20.8 Å². The minimum absolute atomic E-state index is 0.0553. The number of likely N-dealkylation sites (N-methyl/N-ethyl adjacent to an activating group) is 1. The summed E-state index contributed by atoms with van der Waals surface area (Å²) < 4.78 is 0.616. The summed E-state index contributed by atoms with van der Waals surface area (Å²) in [4.78, 5) is 29.6. The summed E-state index contributed by atoms with van der Waals surface area (Å²) in [6.45, 7) is 6.61. The monoisotopic (exact) mass is 506 g/mol. The van der Waals surface area contributed by atoms with Crippen molar-refractivity contribution in [2.24, 2.45) is 0 Å². The van der Waals surface area contributed by atoms with Crippen LogP contribution in [-0.4, -0.2) is 57.9 Å². The molecule has 6 nitrogen and oxygen atoms in total. The molecule has 2 aromatic carbocycles. The van der Waals surface area contributed by atoms with Gasteiger partial charge in [-0.3, -0.25) is 9.59 Å². The highest BCUT2D eigenvalue weighted by molar-refractivity contribution is 9.10. The molecule has 0 aliphatic carbocycles. The first-order valence-corrected chi connectivity index (χ1v) is 11.2. The SMILES string of the molecule is CCN(CC)CCN1C(=O)C(=O)/C(=C(/O)c2cc(Br)ccc2O)C1c1ccc(Cl)cc1. The molecule has 0 aromatic heterocycles. The van der Waals surface area contributed by atoms with Crippen LogP contribution in [0.2, 0.25) is 5.02 Å². The fourth-order valence-corrected chi connectivity index (χ4v) is 4.22. The Labute approximate surface area is 194 Å². The van der Waals surface area contributed by atoms with Gasteiger partial charge in [0, 0.05) is 22.6 Å². The lowest BCUT2D eigenvalue weighted by Gasteiger charge is -2.28. The van der Waals surface area contributed by atoms with E-state index in [-0.39, 0.29) is 16.9 Å². The number of aliphatic hydroxyl groups is 1. The number of halogens is 2. The molecule has 3 rings (SSSR count). The second-order valence-corrected chi connectivity index (χ2v) is 8.58. The maximum absolute atomic E-state index is 13.0. The van der Waals surface area contributed by atoms with Crippen molar-refractivity contribution < 1.29 is 19.8 Å². The maximum atomic E-state index is 13.0. The molecule has 1 unspecified atom stereocenters. The van der Waals surface area contributed by atoms with E-state index in [9.17, 15) is 19.8 Å².